The van der Waals surface area contributed by atoms with Gasteiger partial charge in [-0.15, -0.1) is 0 Å². The molecule has 0 unspecified atom stereocenters. The van der Waals surface area contributed by atoms with Crippen LogP contribution < -0.4 is 0 Å². The van der Waals surface area contributed by atoms with E-state index in [2.05, 4.69) is 20.4 Å². The highest BCUT2D eigenvalue weighted by Crippen LogP contribution is 2.53. The smallest absolute Gasteiger partial charge is 0.311 e. The Kier molecular flexibility index (Phi) is 5.10. The molecule has 1 N–H and O–H groups in total. The third-order valence-electron chi connectivity index (χ3n) is 5.84. The summed E-state index contributed by atoms with van der Waals surface area (Å²) in [5.74, 6) is 0.193. The van der Waals surface area contributed by atoms with E-state index in [1.54, 1.807) is 0 Å². The van der Waals surface area contributed by atoms with Gasteiger partial charge >= 0.3 is 5.97 Å². The van der Waals surface area contributed by atoms with Crippen molar-refractivity contribution in [2.24, 2.45) is 16.7 Å². The van der Waals surface area contributed by atoms with Gasteiger partial charge in [0, 0.05) is 5.41 Å². The van der Waals surface area contributed by atoms with Crippen LogP contribution in [0, 0.1) is 16.7 Å². The molecule has 0 radical (unpaired) electrons. The quantitative estimate of drug-likeness (QED) is 0.605. The molecule has 0 bridgehead atoms. The van der Waals surface area contributed by atoms with Crippen molar-refractivity contribution in [3.05, 3.63) is 23.3 Å². The Morgan fingerprint density at radius 1 is 1.39 bits per heavy atom. The number of aliphatic hydroxyl groups excluding tert-OH is 1. The van der Waals surface area contributed by atoms with Crippen LogP contribution in [-0.2, 0) is 9.53 Å². The minimum Gasteiger partial charge on any atom is -0.461 e. The van der Waals surface area contributed by atoms with Crippen molar-refractivity contribution in [1.29, 1.82) is 0 Å². The Bertz CT molecular complexity index is 523. The lowest BCUT2D eigenvalue weighted by Crippen LogP contribution is -2.46. The maximum atomic E-state index is 11.9. The van der Waals surface area contributed by atoms with Gasteiger partial charge in [0.25, 0.3) is 0 Å². The first-order valence-corrected chi connectivity index (χ1v) is 8.76. The van der Waals surface area contributed by atoms with Gasteiger partial charge < -0.3 is 9.84 Å². The first-order chi connectivity index (χ1) is 10.6. The minimum absolute atomic E-state index is 0.0405. The monoisotopic (exact) mass is 320 g/mol. The summed E-state index contributed by atoms with van der Waals surface area (Å²) >= 11 is 0. The van der Waals surface area contributed by atoms with Crippen LogP contribution in [0.15, 0.2) is 23.3 Å². The molecule has 2 aliphatic rings. The average molecular weight is 320 g/mol. The summed E-state index contributed by atoms with van der Waals surface area (Å²) < 4.78 is 5.46. The number of aliphatic hydroxyl groups is 1. The normalized spacial score (nSPS) is 33.9. The van der Waals surface area contributed by atoms with Gasteiger partial charge in [-0.05, 0) is 71.3 Å². The van der Waals surface area contributed by atoms with E-state index in [4.69, 9.17) is 4.74 Å². The molecule has 2 aliphatic carbocycles. The standard InChI is InChI=1S/C20H32O3/c1-13-7-8-17(21)20(6)10-9-15(11-16(13)20)14(2)12-23-18(22)19(3,4)5/h16-17,21H,1,7-12H2,2-6H3/b15-14+/t16-,17+,20+/m1/s1. The van der Waals surface area contributed by atoms with Crippen LogP contribution in [0.4, 0.5) is 0 Å². The highest BCUT2D eigenvalue weighted by molar-refractivity contribution is 5.75. The largest absolute Gasteiger partial charge is 0.461 e. The molecule has 3 nitrogen and oxygen atoms in total. The van der Waals surface area contributed by atoms with Crippen LogP contribution in [0.5, 0.6) is 0 Å². The molecule has 0 aromatic rings. The van der Waals surface area contributed by atoms with Crippen molar-refractivity contribution in [2.75, 3.05) is 6.61 Å². The van der Waals surface area contributed by atoms with Gasteiger partial charge in [0.15, 0.2) is 0 Å². The molecule has 0 spiro atoms. The zero-order valence-electron chi connectivity index (χ0n) is 15.4. The summed E-state index contributed by atoms with van der Waals surface area (Å²) in [4.78, 5) is 11.9. The minimum atomic E-state index is -0.460. The number of allylic oxidation sites excluding steroid dienone is 2. The molecule has 130 valence electrons. The second kappa shape index (κ2) is 6.43. The first kappa shape index (κ1) is 18.3. The third-order valence-corrected chi connectivity index (χ3v) is 5.84. The number of hydrogen-bond donors (Lipinski definition) is 1. The molecule has 0 aromatic carbocycles. The van der Waals surface area contributed by atoms with Crippen molar-refractivity contribution >= 4 is 5.97 Å². The fourth-order valence-electron chi connectivity index (χ4n) is 3.89. The van der Waals surface area contributed by atoms with Gasteiger partial charge in [0.1, 0.15) is 6.61 Å². The third kappa shape index (κ3) is 3.71. The number of esters is 1. The highest BCUT2D eigenvalue weighted by Gasteiger charge is 2.47. The first-order valence-electron chi connectivity index (χ1n) is 8.76. The second-order valence-corrected chi connectivity index (χ2v) is 8.69. The molecule has 23 heavy (non-hydrogen) atoms. The molecule has 0 amide bonds. The highest BCUT2D eigenvalue weighted by atomic mass is 16.5. The molecular formula is C20H32O3. The van der Waals surface area contributed by atoms with Crippen molar-refractivity contribution in [2.45, 2.75) is 72.8 Å². The fourth-order valence-corrected chi connectivity index (χ4v) is 3.89. The molecular weight excluding hydrogens is 288 g/mol. The number of rotatable bonds is 2. The zero-order chi connectivity index (χ0) is 17.4. The molecule has 3 atom stereocenters. The molecule has 0 aromatic heterocycles. The lowest BCUT2D eigenvalue weighted by Gasteiger charge is -2.50. The van der Waals surface area contributed by atoms with Gasteiger partial charge in [-0.1, -0.05) is 24.6 Å². The van der Waals surface area contributed by atoms with Crippen LogP contribution >= 0.6 is 0 Å². The van der Waals surface area contributed by atoms with Crippen molar-refractivity contribution in [3.8, 4) is 0 Å². The maximum Gasteiger partial charge on any atom is 0.311 e. The summed E-state index contributed by atoms with van der Waals surface area (Å²) in [5.41, 5.74) is 3.32. The van der Waals surface area contributed by atoms with Gasteiger partial charge in [-0.3, -0.25) is 4.79 Å². The Hall–Kier alpha value is -1.09. The average Bonchev–Trinajstić information content (AvgIpc) is 2.47. The van der Waals surface area contributed by atoms with Crippen molar-refractivity contribution in [3.63, 3.8) is 0 Å². The number of carbonyl (C=O) groups excluding carboxylic acids is 1. The lowest BCUT2D eigenvalue weighted by atomic mass is 9.56. The van der Waals surface area contributed by atoms with E-state index < -0.39 is 5.41 Å². The zero-order valence-corrected chi connectivity index (χ0v) is 15.4. The van der Waals surface area contributed by atoms with Gasteiger partial charge in [-0.25, -0.2) is 0 Å². The maximum absolute atomic E-state index is 11.9. The predicted molar refractivity (Wildman–Crippen MR) is 92.9 cm³/mol. The van der Waals surface area contributed by atoms with Gasteiger partial charge in [0.05, 0.1) is 11.5 Å². The van der Waals surface area contributed by atoms with E-state index in [1.807, 2.05) is 20.8 Å². The van der Waals surface area contributed by atoms with Crippen molar-refractivity contribution < 1.29 is 14.6 Å². The molecule has 0 saturated heterocycles. The van der Waals surface area contributed by atoms with E-state index >= 15 is 0 Å². The Labute approximate surface area is 140 Å². The molecule has 2 rings (SSSR count). The summed E-state index contributed by atoms with van der Waals surface area (Å²) in [6.45, 7) is 14.5. The topological polar surface area (TPSA) is 46.5 Å². The summed E-state index contributed by atoms with van der Waals surface area (Å²) in [6.07, 6.45) is 4.46. The van der Waals surface area contributed by atoms with E-state index in [0.717, 1.165) is 37.7 Å². The van der Waals surface area contributed by atoms with E-state index in [0.29, 0.717) is 12.5 Å². The molecule has 2 fully saturated rings. The van der Waals surface area contributed by atoms with Gasteiger partial charge in [-0.2, -0.15) is 0 Å². The molecule has 3 heteroatoms. The van der Waals surface area contributed by atoms with Crippen LogP contribution in [0.1, 0.15) is 66.7 Å². The Balaban J connectivity index is 2.07. The number of fused-ring (bicyclic) bond motifs is 1. The second-order valence-electron chi connectivity index (χ2n) is 8.69. The van der Waals surface area contributed by atoms with E-state index in [9.17, 15) is 9.90 Å². The molecule has 2 saturated carbocycles. The fraction of sp³-hybridized carbons (Fsp3) is 0.750. The number of carbonyl (C=O) groups is 1. The summed E-state index contributed by atoms with van der Waals surface area (Å²) in [7, 11) is 0. The molecule has 0 heterocycles. The van der Waals surface area contributed by atoms with Crippen molar-refractivity contribution in [1.82, 2.24) is 0 Å². The lowest BCUT2D eigenvalue weighted by molar-refractivity contribution is -0.151. The number of hydrogen-bond acceptors (Lipinski definition) is 3. The molecule has 0 aliphatic heterocycles. The van der Waals surface area contributed by atoms with Crippen LogP contribution in [-0.4, -0.2) is 23.8 Å². The SMILES string of the molecule is C=C1CC[C@H](O)[C@@]2(C)CC/C(=C(/C)COC(=O)C(C)(C)C)C[C@H]12. The van der Waals surface area contributed by atoms with E-state index in [1.165, 1.54) is 11.1 Å². The Morgan fingerprint density at radius 3 is 2.65 bits per heavy atom. The summed E-state index contributed by atoms with van der Waals surface area (Å²) in [6, 6.07) is 0. The van der Waals surface area contributed by atoms with Crippen LogP contribution in [0.2, 0.25) is 0 Å². The Morgan fingerprint density at radius 2 is 2.04 bits per heavy atom. The van der Waals surface area contributed by atoms with Gasteiger partial charge in [0.2, 0.25) is 0 Å². The summed E-state index contributed by atoms with van der Waals surface area (Å²) in [5, 5.41) is 10.4. The van der Waals surface area contributed by atoms with Crippen LogP contribution in [0.25, 0.3) is 0 Å². The van der Waals surface area contributed by atoms with E-state index in [-0.39, 0.29) is 17.5 Å². The predicted octanol–water partition coefficient (Wildman–Crippen LogP) is 4.41. The van der Waals surface area contributed by atoms with Crippen LogP contribution in [0.3, 0.4) is 0 Å². The number of ether oxygens (including phenoxy) is 1.